The number of nitrogens with one attached hydrogen (secondary N) is 1. The van der Waals surface area contributed by atoms with Crippen LogP contribution in [0.5, 0.6) is 5.75 Å². The minimum Gasteiger partial charge on any atom is -0.495 e. The minimum atomic E-state index is 0.564. The molecule has 0 saturated carbocycles. The van der Waals surface area contributed by atoms with Gasteiger partial charge in [-0.3, -0.25) is 0 Å². The summed E-state index contributed by atoms with van der Waals surface area (Å²) in [6.45, 7) is 0. The van der Waals surface area contributed by atoms with E-state index in [-0.39, 0.29) is 0 Å². The molecule has 0 aliphatic carbocycles. The fraction of sp³-hybridized carbons (Fsp3) is 0.100. The summed E-state index contributed by atoms with van der Waals surface area (Å²) in [5.74, 6) is 0.609. The maximum absolute atomic E-state index is 8.81. The van der Waals surface area contributed by atoms with Crippen LogP contribution in [0.1, 0.15) is 5.56 Å². The number of benzene rings is 1. The van der Waals surface area contributed by atoms with Crippen molar-refractivity contribution in [3.8, 4) is 11.8 Å². The van der Waals surface area contributed by atoms with Gasteiger partial charge in [0.15, 0.2) is 0 Å². The van der Waals surface area contributed by atoms with Crippen molar-refractivity contribution in [2.45, 2.75) is 0 Å². The van der Waals surface area contributed by atoms with Gasteiger partial charge in [-0.05, 0) is 12.1 Å². The molecule has 64 valence electrons. The minimum absolute atomic E-state index is 0.564. The zero-order valence-corrected chi connectivity index (χ0v) is 7.16. The molecule has 1 aromatic heterocycles. The predicted octanol–water partition coefficient (Wildman–Crippen LogP) is 2.05. The number of methoxy groups -OCH3 is 1. The van der Waals surface area contributed by atoms with Crippen LogP contribution < -0.4 is 4.74 Å². The van der Waals surface area contributed by atoms with E-state index in [0.717, 1.165) is 10.9 Å². The maximum atomic E-state index is 8.81. The standard InChI is InChI=1S/C10H8N2O/c1-13-10-5-9-7(2-3-12-9)4-8(10)6-11/h2-5,12H,1H3. The van der Waals surface area contributed by atoms with Crippen molar-refractivity contribution in [1.29, 1.82) is 5.26 Å². The first-order valence-electron chi connectivity index (χ1n) is 3.90. The number of hydrogen-bond donors (Lipinski definition) is 1. The lowest BCUT2D eigenvalue weighted by atomic mass is 10.1. The molecule has 1 heterocycles. The lowest BCUT2D eigenvalue weighted by Crippen LogP contribution is -1.87. The van der Waals surface area contributed by atoms with Gasteiger partial charge in [-0.25, -0.2) is 0 Å². The molecular formula is C10H8N2O. The topological polar surface area (TPSA) is 48.8 Å². The van der Waals surface area contributed by atoms with Crippen LogP contribution in [0, 0.1) is 11.3 Å². The largest absolute Gasteiger partial charge is 0.495 e. The molecule has 13 heavy (non-hydrogen) atoms. The Morgan fingerprint density at radius 3 is 3.00 bits per heavy atom. The van der Waals surface area contributed by atoms with E-state index in [9.17, 15) is 0 Å². The molecule has 0 aliphatic heterocycles. The Morgan fingerprint density at radius 2 is 2.31 bits per heavy atom. The fourth-order valence-corrected chi connectivity index (χ4v) is 1.34. The number of aromatic nitrogens is 1. The summed E-state index contributed by atoms with van der Waals surface area (Å²) in [5, 5.41) is 9.83. The van der Waals surface area contributed by atoms with Crippen LogP contribution in [0.3, 0.4) is 0 Å². The molecule has 0 spiro atoms. The van der Waals surface area contributed by atoms with E-state index >= 15 is 0 Å². The van der Waals surface area contributed by atoms with Gasteiger partial charge in [-0.2, -0.15) is 5.26 Å². The molecule has 3 heteroatoms. The second-order valence-corrected chi connectivity index (χ2v) is 2.73. The molecule has 1 N–H and O–H groups in total. The van der Waals surface area contributed by atoms with Crippen molar-refractivity contribution in [1.82, 2.24) is 4.98 Å². The van der Waals surface area contributed by atoms with E-state index in [0.29, 0.717) is 11.3 Å². The second-order valence-electron chi connectivity index (χ2n) is 2.73. The van der Waals surface area contributed by atoms with E-state index in [4.69, 9.17) is 10.00 Å². The van der Waals surface area contributed by atoms with Gasteiger partial charge in [-0.1, -0.05) is 0 Å². The van der Waals surface area contributed by atoms with Crippen LogP contribution in [0.4, 0.5) is 0 Å². The second kappa shape index (κ2) is 2.83. The van der Waals surface area contributed by atoms with E-state index in [1.165, 1.54) is 0 Å². The molecule has 0 radical (unpaired) electrons. The summed E-state index contributed by atoms with van der Waals surface area (Å²) < 4.78 is 5.07. The van der Waals surface area contributed by atoms with Gasteiger partial charge in [-0.15, -0.1) is 0 Å². The van der Waals surface area contributed by atoms with Crippen molar-refractivity contribution in [2.75, 3.05) is 7.11 Å². The third kappa shape index (κ3) is 1.13. The molecule has 2 aromatic rings. The molecule has 0 fully saturated rings. The lowest BCUT2D eigenvalue weighted by molar-refractivity contribution is 0.414. The molecule has 0 saturated heterocycles. The Kier molecular flexibility index (Phi) is 1.67. The van der Waals surface area contributed by atoms with Gasteiger partial charge in [0.25, 0.3) is 0 Å². The highest BCUT2D eigenvalue weighted by Crippen LogP contribution is 2.24. The smallest absolute Gasteiger partial charge is 0.138 e. The number of aromatic amines is 1. The van der Waals surface area contributed by atoms with Crippen molar-refractivity contribution >= 4 is 10.9 Å². The van der Waals surface area contributed by atoms with Gasteiger partial charge in [0.1, 0.15) is 11.8 Å². The van der Waals surface area contributed by atoms with Crippen LogP contribution in [0.2, 0.25) is 0 Å². The first-order chi connectivity index (χ1) is 6.35. The summed E-state index contributed by atoms with van der Waals surface area (Å²) in [6.07, 6.45) is 1.84. The monoisotopic (exact) mass is 172 g/mol. The molecule has 1 aromatic carbocycles. The Balaban J connectivity index is 2.76. The summed E-state index contributed by atoms with van der Waals surface area (Å²) >= 11 is 0. The van der Waals surface area contributed by atoms with Crippen LogP contribution in [0.15, 0.2) is 24.4 Å². The lowest BCUT2D eigenvalue weighted by Gasteiger charge is -2.01. The molecular weight excluding hydrogens is 164 g/mol. The third-order valence-corrected chi connectivity index (χ3v) is 1.99. The molecule has 2 rings (SSSR count). The van der Waals surface area contributed by atoms with Gasteiger partial charge in [0.05, 0.1) is 12.7 Å². The highest BCUT2D eigenvalue weighted by atomic mass is 16.5. The number of H-pyrrole nitrogens is 1. The zero-order valence-electron chi connectivity index (χ0n) is 7.16. The number of fused-ring (bicyclic) bond motifs is 1. The number of nitrogens with zero attached hydrogens (tertiary/aromatic N) is 1. The van der Waals surface area contributed by atoms with E-state index in [1.54, 1.807) is 7.11 Å². The van der Waals surface area contributed by atoms with Crippen molar-refractivity contribution in [3.05, 3.63) is 30.0 Å². The molecule has 3 nitrogen and oxygen atoms in total. The number of rotatable bonds is 1. The Bertz CT molecular complexity index is 479. The molecule has 0 bridgehead atoms. The number of hydrogen-bond acceptors (Lipinski definition) is 2. The van der Waals surface area contributed by atoms with Crippen LogP contribution in [-0.2, 0) is 0 Å². The highest BCUT2D eigenvalue weighted by molar-refractivity contribution is 5.83. The van der Waals surface area contributed by atoms with Gasteiger partial charge < -0.3 is 9.72 Å². The number of nitriles is 1. The third-order valence-electron chi connectivity index (χ3n) is 1.99. The van der Waals surface area contributed by atoms with Gasteiger partial charge in [0.2, 0.25) is 0 Å². The SMILES string of the molecule is COc1cc2[nH]ccc2cc1C#N. The Labute approximate surface area is 75.6 Å². The van der Waals surface area contributed by atoms with Crippen LogP contribution in [0.25, 0.3) is 10.9 Å². The summed E-state index contributed by atoms with van der Waals surface area (Å²) in [6, 6.07) is 7.65. The summed E-state index contributed by atoms with van der Waals surface area (Å²) in [7, 11) is 1.56. The summed E-state index contributed by atoms with van der Waals surface area (Å²) in [5.41, 5.74) is 1.55. The molecule has 0 amide bonds. The Morgan fingerprint density at radius 1 is 1.46 bits per heavy atom. The quantitative estimate of drug-likeness (QED) is 0.715. The highest BCUT2D eigenvalue weighted by Gasteiger charge is 2.04. The van der Waals surface area contributed by atoms with Crippen LogP contribution in [-0.4, -0.2) is 12.1 Å². The predicted molar refractivity (Wildman–Crippen MR) is 49.6 cm³/mol. The average molecular weight is 172 g/mol. The van der Waals surface area contributed by atoms with E-state index in [2.05, 4.69) is 11.1 Å². The molecule has 0 aliphatic rings. The van der Waals surface area contributed by atoms with Crippen LogP contribution >= 0.6 is 0 Å². The zero-order chi connectivity index (χ0) is 9.26. The van der Waals surface area contributed by atoms with E-state index < -0.39 is 0 Å². The summed E-state index contributed by atoms with van der Waals surface area (Å²) in [4.78, 5) is 3.06. The molecule has 0 atom stereocenters. The maximum Gasteiger partial charge on any atom is 0.138 e. The normalized spacial score (nSPS) is 9.85. The van der Waals surface area contributed by atoms with E-state index in [1.807, 2.05) is 24.4 Å². The molecule has 0 unspecified atom stereocenters. The number of ether oxygens (including phenoxy) is 1. The van der Waals surface area contributed by atoms with Gasteiger partial charge >= 0.3 is 0 Å². The van der Waals surface area contributed by atoms with Crippen molar-refractivity contribution in [3.63, 3.8) is 0 Å². The average Bonchev–Trinajstić information content (AvgIpc) is 2.62. The Hall–Kier alpha value is -1.95. The van der Waals surface area contributed by atoms with Crippen molar-refractivity contribution < 1.29 is 4.74 Å². The fourth-order valence-electron chi connectivity index (χ4n) is 1.34. The first kappa shape index (κ1) is 7.69. The first-order valence-corrected chi connectivity index (χ1v) is 3.90. The van der Waals surface area contributed by atoms with Crippen molar-refractivity contribution in [2.24, 2.45) is 0 Å². The van der Waals surface area contributed by atoms with Gasteiger partial charge in [0, 0.05) is 23.2 Å².